The van der Waals surface area contributed by atoms with Crippen LogP contribution in [0.3, 0.4) is 0 Å². The van der Waals surface area contributed by atoms with Crippen LogP contribution < -0.4 is 21.7 Å². The van der Waals surface area contributed by atoms with Gasteiger partial charge in [-0.2, -0.15) is 0 Å². The molecule has 13 nitrogen and oxygen atoms in total. The van der Waals surface area contributed by atoms with Gasteiger partial charge >= 0.3 is 11.9 Å². The summed E-state index contributed by atoms with van der Waals surface area (Å²) in [5.74, 6) is -5.47. The minimum atomic E-state index is -1.73. The fourth-order valence-electron chi connectivity index (χ4n) is 3.92. The molecular weight excluding hydrogens is 498 g/mol. The molecule has 0 bridgehead atoms. The molecule has 5 atom stereocenters. The summed E-state index contributed by atoms with van der Waals surface area (Å²) in [7, 11) is 0. The zero-order valence-corrected chi connectivity index (χ0v) is 21.4. The minimum absolute atomic E-state index is 0.0111. The Hall–Kier alpha value is -3.97. The third-order valence-electron chi connectivity index (χ3n) is 5.85. The summed E-state index contributed by atoms with van der Waals surface area (Å²) in [5, 5.41) is 35.9. The summed E-state index contributed by atoms with van der Waals surface area (Å²) >= 11 is 0. The van der Waals surface area contributed by atoms with Crippen molar-refractivity contribution in [1.29, 1.82) is 0 Å². The Balaban J connectivity index is 2.32. The van der Waals surface area contributed by atoms with E-state index in [9.17, 15) is 39.3 Å². The normalized spacial score (nSPS) is 15.2. The number of aromatic nitrogens is 1. The smallest absolute Gasteiger partial charge is 0.328 e. The molecule has 0 aliphatic rings. The fourth-order valence-corrected chi connectivity index (χ4v) is 3.92. The standard InChI is InChI=1S/C25H35N5O8/c1-12(2)8-16(26)22(34)28-18(9-14-11-27-17-7-5-4-6-15(14)17)23(35)29-19(10-20(32)33)24(36)30-21(13(3)31)25(37)38/h4-7,11-13,16,18-19,21,27,31H,8-10,26H2,1-3H3,(H,28,34)(H,29,35)(H,30,36)(H,32,33)(H,37,38). The highest BCUT2D eigenvalue weighted by atomic mass is 16.4. The summed E-state index contributed by atoms with van der Waals surface area (Å²) in [4.78, 5) is 64.7. The number of hydrogen-bond acceptors (Lipinski definition) is 7. The first-order valence-corrected chi connectivity index (χ1v) is 12.1. The summed E-state index contributed by atoms with van der Waals surface area (Å²) < 4.78 is 0. The number of carboxylic acids is 2. The first-order valence-electron chi connectivity index (χ1n) is 12.1. The van der Waals surface area contributed by atoms with E-state index < -0.39 is 66.4 Å². The van der Waals surface area contributed by atoms with Gasteiger partial charge in [-0.3, -0.25) is 19.2 Å². The van der Waals surface area contributed by atoms with Crippen LogP contribution in [0.1, 0.15) is 39.2 Å². The monoisotopic (exact) mass is 533 g/mol. The van der Waals surface area contributed by atoms with Crippen molar-refractivity contribution in [2.45, 2.75) is 70.3 Å². The van der Waals surface area contributed by atoms with Gasteiger partial charge in [0.1, 0.15) is 12.1 Å². The molecule has 0 saturated heterocycles. The van der Waals surface area contributed by atoms with Crippen LogP contribution in [0.4, 0.5) is 0 Å². The SMILES string of the molecule is CC(C)CC(N)C(=O)NC(Cc1c[nH]c2ccccc12)C(=O)NC(CC(=O)O)C(=O)NC(C(=O)O)C(C)O. The summed E-state index contributed by atoms with van der Waals surface area (Å²) in [6.07, 6.45) is -0.346. The van der Waals surface area contributed by atoms with Gasteiger partial charge in [0, 0.05) is 23.5 Å². The number of aromatic amines is 1. The second-order valence-electron chi connectivity index (χ2n) is 9.58. The van der Waals surface area contributed by atoms with E-state index in [1.165, 1.54) is 0 Å². The molecule has 0 aliphatic carbocycles. The van der Waals surface area contributed by atoms with Gasteiger partial charge in [-0.1, -0.05) is 32.0 Å². The number of H-pyrrole nitrogens is 1. The Labute approximate surface area is 219 Å². The number of carbonyl (C=O) groups excluding carboxylic acids is 3. The molecule has 0 radical (unpaired) electrons. The van der Waals surface area contributed by atoms with E-state index in [1.54, 1.807) is 12.3 Å². The van der Waals surface area contributed by atoms with Gasteiger partial charge in [-0.05, 0) is 30.9 Å². The number of fused-ring (bicyclic) bond motifs is 1. The van der Waals surface area contributed by atoms with Crippen LogP contribution in [-0.2, 0) is 30.4 Å². The second-order valence-corrected chi connectivity index (χ2v) is 9.58. The quantitative estimate of drug-likeness (QED) is 0.156. The van der Waals surface area contributed by atoms with Crippen LogP contribution in [0.2, 0.25) is 0 Å². The molecule has 1 aromatic heterocycles. The molecule has 1 heterocycles. The molecule has 0 saturated carbocycles. The van der Waals surface area contributed by atoms with E-state index in [0.29, 0.717) is 12.0 Å². The maximum absolute atomic E-state index is 13.3. The Morgan fingerprint density at radius 3 is 2.11 bits per heavy atom. The van der Waals surface area contributed by atoms with E-state index in [1.807, 2.05) is 37.4 Å². The molecule has 0 aliphatic heterocycles. The summed E-state index contributed by atoms with van der Waals surface area (Å²) in [5.41, 5.74) is 7.46. The maximum Gasteiger partial charge on any atom is 0.328 e. The summed E-state index contributed by atoms with van der Waals surface area (Å²) in [6.45, 7) is 4.91. The molecule has 1 aromatic carbocycles. The highest BCUT2D eigenvalue weighted by molar-refractivity contribution is 5.96. The number of nitrogens with two attached hydrogens (primary N) is 1. The van der Waals surface area contributed by atoms with Gasteiger partial charge in [0.25, 0.3) is 0 Å². The topological polar surface area (TPSA) is 224 Å². The Kier molecular flexibility index (Phi) is 10.8. The van der Waals surface area contributed by atoms with Gasteiger partial charge < -0.3 is 42.0 Å². The van der Waals surface area contributed by atoms with E-state index in [2.05, 4.69) is 15.6 Å². The molecule has 38 heavy (non-hydrogen) atoms. The van der Waals surface area contributed by atoms with Gasteiger partial charge in [-0.15, -0.1) is 0 Å². The number of nitrogens with one attached hydrogen (secondary N) is 4. The van der Waals surface area contributed by atoms with Crippen LogP contribution in [0, 0.1) is 5.92 Å². The van der Waals surface area contributed by atoms with Crippen LogP contribution in [0.15, 0.2) is 30.5 Å². The third-order valence-corrected chi connectivity index (χ3v) is 5.85. The molecule has 2 aromatic rings. The van der Waals surface area contributed by atoms with Crippen molar-refractivity contribution in [2.24, 2.45) is 11.7 Å². The van der Waals surface area contributed by atoms with E-state index in [0.717, 1.165) is 17.8 Å². The molecule has 208 valence electrons. The molecule has 9 N–H and O–H groups in total. The number of rotatable bonds is 14. The lowest BCUT2D eigenvalue weighted by molar-refractivity contribution is -0.146. The van der Waals surface area contributed by atoms with Crippen molar-refractivity contribution < 1.29 is 39.3 Å². The zero-order chi connectivity index (χ0) is 28.6. The van der Waals surface area contributed by atoms with Gasteiger partial charge in [0.05, 0.1) is 18.6 Å². The lowest BCUT2D eigenvalue weighted by atomic mass is 10.0. The number of aliphatic hydroxyl groups is 1. The van der Waals surface area contributed by atoms with E-state index >= 15 is 0 Å². The van der Waals surface area contributed by atoms with Crippen molar-refractivity contribution in [2.75, 3.05) is 0 Å². The lowest BCUT2D eigenvalue weighted by Crippen LogP contribution is -2.59. The Bertz CT molecular complexity index is 1160. The average Bonchev–Trinajstić information content (AvgIpc) is 3.23. The molecule has 0 spiro atoms. The minimum Gasteiger partial charge on any atom is -0.481 e. The number of hydrogen-bond donors (Lipinski definition) is 8. The largest absolute Gasteiger partial charge is 0.481 e. The first-order chi connectivity index (χ1) is 17.8. The number of benzene rings is 1. The third kappa shape index (κ3) is 8.56. The molecule has 5 unspecified atom stereocenters. The number of aliphatic carboxylic acids is 2. The Morgan fingerprint density at radius 1 is 0.921 bits per heavy atom. The molecule has 3 amide bonds. The van der Waals surface area contributed by atoms with Crippen LogP contribution in [0.5, 0.6) is 0 Å². The lowest BCUT2D eigenvalue weighted by Gasteiger charge is -2.25. The maximum atomic E-state index is 13.3. The molecule has 2 rings (SSSR count). The van der Waals surface area contributed by atoms with Crippen LogP contribution >= 0.6 is 0 Å². The van der Waals surface area contributed by atoms with E-state index in [-0.39, 0.29) is 12.3 Å². The number of carbonyl (C=O) groups is 5. The number of para-hydroxylation sites is 1. The van der Waals surface area contributed by atoms with E-state index in [4.69, 9.17) is 5.73 Å². The predicted octanol–water partition coefficient (Wildman–Crippen LogP) is -0.522. The number of carboxylic acid groups (broad SMARTS) is 2. The van der Waals surface area contributed by atoms with Crippen molar-refractivity contribution in [3.05, 3.63) is 36.0 Å². The first kappa shape index (κ1) is 30.3. The fraction of sp³-hybridized carbons (Fsp3) is 0.480. The number of aliphatic hydroxyl groups excluding tert-OH is 1. The average molecular weight is 534 g/mol. The number of amides is 3. The Morgan fingerprint density at radius 2 is 1.53 bits per heavy atom. The molecule has 13 heteroatoms. The van der Waals surface area contributed by atoms with Gasteiger partial charge in [0.15, 0.2) is 6.04 Å². The summed E-state index contributed by atoms with van der Waals surface area (Å²) in [6, 6.07) is 1.72. The molecular formula is C25H35N5O8. The van der Waals surface area contributed by atoms with Gasteiger partial charge in [0.2, 0.25) is 17.7 Å². The van der Waals surface area contributed by atoms with Gasteiger partial charge in [-0.25, -0.2) is 4.79 Å². The highest BCUT2D eigenvalue weighted by Crippen LogP contribution is 2.19. The molecule has 0 fully saturated rings. The second kappa shape index (κ2) is 13.5. The predicted molar refractivity (Wildman–Crippen MR) is 137 cm³/mol. The van der Waals surface area contributed by atoms with Crippen molar-refractivity contribution in [1.82, 2.24) is 20.9 Å². The van der Waals surface area contributed by atoms with Crippen molar-refractivity contribution >= 4 is 40.6 Å². The van der Waals surface area contributed by atoms with Crippen LogP contribution in [-0.4, -0.2) is 80.2 Å². The van der Waals surface area contributed by atoms with Crippen molar-refractivity contribution in [3.63, 3.8) is 0 Å². The van der Waals surface area contributed by atoms with Crippen molar-refractivity contribution in [3.8, 4) is 0 Å². The zero-order valence-electron chi connectivity index (χ0n) is 21.4. The highest BCUT2D eigenvalue weighted by Gasteiger charge is 2.33. The van der Waals surface area contributed by atoms with Crippen LogP contribution in [0.25, 0.3) is 10.9 Å².